The maximum Gasteiger partial charge on any atom is 0.408 e. The molecule has 0 spiro atoms. The topological polar surface area (TPSA) is 50.8 Å². The molecule has 5 nitrogen and oxygen atoms in total. The molecule has 0 aliphatic carbocycles. The van der Waals surface area contributed by atoms with Crippen LogP contribution in [0.3, 0.4) is 0 Å². The fraction of sp³-hybridized carbons (Fsp3) is 0.542. The third-order valence-corrected chi connectivity index (χ3v) is 5.58. The van der Waals surface area contributed by atoms with E-state index in [2.05, 4.69) is 29.3 Å². The monoisotopic (exact) mass is 432 g/mol. The van der Waals surface area contributed by atoms with Gasteiger partial charge in [-0.2, -0.15) is 0 Å². The van der Waals surface area contributed by atoms with E-state index < -0.39 is 5.60 Å². The van der Waals surface area contributed by atoms with Gasteiger partial charge in [0.05, 0.1) is 17.2 Å². The van der Waals surface area contributed by atoms with Gasteiger partial charge in [-0.1, -0.05) is 35.9 Å². The molecule has 1 atom stereocenters. The zero-order chi connectivity index (χ0) is 21.9. The van der Waals surface area contributed by atoms with Crippen LogP contribution in [0.4, 0.5) is 4.79 Å². The van der Waals surface area contributed by atoms with Crippen molar-refractivity contribution < 1.29 is 14.3 Å². The first kappa shape index (κ1) is 22.7. The summed E-state index contributed by atoms with van der Waals surface area (Å²) in [5, 5.41) is 5.92. The number of nitrogens with zero attached hydrogens (tertiary/aromatic N) is 1. The molecule has 2 aromatic rings. The highest BCUT2D eigenvalue weighted by molar-refractivity contribution is 6.33. The van der Waals surface area contributed by atoms with Crippen LogP contribution in [0.2, 0.25) is 5.02 Å². The fourth-order valence-corrected chi connectivity index (χ4v) is 4.47. The van der Waals surface area contributed by atoms with Gasteiger partial charge in [-0.05, 0) is 71.0 Å². The van der Waals surface area contributed by atoms with Crippen molar-refractivity contribution >= 4 is 28.5 Å². The van der Waals surface area contributed by atoms with Gasteiger partial charge in [-0.3, -0.25) is 4.90 Å². The Kier molecular flexibility index (Phi) is 6.83. The Balaban J connectivity index is 1.79. The molecule has 0 aromatic heterocycles. The van der Waals surface area contributed by atoms with E-state index >= 15 is 0 Å². The molecule has 2 aromatic carbocycles. The Bertz CT molecular complexity index is 909. The fourth-order valence-electron chi connectivity index (χ4n) is 4.18. The molecule has 6 heteroatoms. The predicted octanol–water partition coefficient (Wildman–Crippen LogP) is 5.77. The number of amides is 1. The molecular formula is C24H33ClN2O3. The lowest BCUT2D eigenvalue weighted by Crippen LogP contribution is -2.57. The number of carbonyl (C=O) groups is 1. The van der Waals surface area contributed by atoms with E-state index in [1.807, 2.05) is 45.9 Å². The van der Waals surface area contributed by atoms with Gasteiger partial charge >= 0.3 is 6.09 Å². The number of alkyl carbamates (subject to hydrolysis) is 1. The second-order valence-corrected chi connectivity index (χ2v) is 9.73. The maximum absolute atomic E-state index is 12.3. The number of hydrogen-bond acceptors (Lipinski definition) is 4. The number of likely N-dealkylation sites (tertiary alicyclic amines) is 1. The van der Waals surface area contributed by atoms with Crippen LogP contribution in [0.1, 0.15) is 53.0 Å². The Labute approximate surface area is 184 Å². The minimum absolute atomic E-state index is 0.328. The van der Waals surface area contributed by atoms with Gasteiger partial charge in [0, 0.05) is 18.5 Å². The summed E-state index contributed by atoms with van der Waals surface area (Å²) in [6.45, 7) is 12.8. The summed E-state index contributed by atoms with van der Waals surface area (Å²) in [5.41, 5.74) is 0.332. The number of nitrogens with one attached hydrogen (secondary N) is 1. The van der Waals surface area contributed by atoms with Gasteiger partial charge in [0.25, 0.3) is 0 Å². The molecule has 0 saturated carbocycles. The van der Waals surface area contributed by atoms with Gasteiger partial charge < -0.3 is 14.8 Å². The van der Waals surface area contributed by atoms with Crippen LogP contribution >= 0.6 is 11.6 Å². The largest absolute Gasteiger partial charge is 0.492 e. The summed E-state index contributed by atoms with van der Waals surface area (Å²) in [7, 11) is 0. The van der Waals surface area contributed by atoms with Crippen molar-refractivity contribution in [2.75, 3.05) is 19.7 Å². The number of hydrogen-bond donors (Lipinski definition) is 1. The summed E-state index contributed by atoms with van der Waals surface area (Å²) in [5.74, 6) is 0.744. The molecular weight excluding hydrogens is 400 g/mol. The standard InChI is InChI=1S/C24H33ClN2O3/c1-6-29-21-19-11-8-7-10-18(19)17(14-20(21)25)15-27-13-9-12-24(5,16-27)26-22(28)30-23(2,3)4/h7-8,10-11,14H,6,9,12-13,15-16H2,1-5H3,(H,26,28)/t24-/m1/s1. The van der Waals surface area contributed by atoms with Crippen molar-refractivity contribution in [3.05, 3.63) is 40.9 Å². The van der Waals surface area contributed by atoms with Crippen LogP contribution in [0.25, 0.3) is 10.8 Å². The molecule has 0 bridgehead atoms. The summed E-state index contributed by atoms with van der Waals surface area (Å²) < 4.78 is 11.3. The highest BCUT2D eigenvalue weighted by atomic mass is 35.5. The maximum atomic E-state index is 12.3. The van der Waals surface area contributed by atoms with Crippen molar-refractivity contribution in [2.45, 2.75) is 65.1 Å². The SMILES string of the molecule is CCOc1c(Cl)cc(CN2CCC[C@@](C)(NC(=O)OC(C)(C)C)C2)c2ccccc12. The van der Waals surface area contributed by atoms with Crippen LogP contribution < -0.4 is 10.1 Å². The summed E-state index contributed by atoms with van der Waals surface area (Å²) in [6.07, 6.45) is 1.57. The normalized spacial score (nSPS) is 20.2. The zero-order valence-electron chi connectivity index (χ0n) is 18.7. The number of carbonyl (C=O) groups excluding carboxylic acids is 1. The lowest BCUT2D eigenvalue weighted by molar-refractivity contribution is 0.0383. The predicted molar refractivity (Wildman–Crippen MR) is 122 cm³/mol. The molecule has 1 fully saturated rings. The van der Waals surface area contributed by atoms with E-state index in [0.29, 0.717) is 11.6 Å². The third-order valence-electron chi connectivity index (χ3n) is 5.30. The van der Waals surface area contributed by atoms with E-state index in [9.17, 15) is 4.79 Å². The molecule has 1 N–H and O–H groups in total. The van der Waals surface area contributed by atoms with E-state index in [0.717, 1.165) is 49.0 Å². The van der Waals surface area contributed by atoms with Crippen molar-refractivity contribution in [3.63, 3.8) is 0 Å². The quantitative estimate of drug-likeness (QED) is 0.651. The van der Waals surface area contributed by atoms with Crippen molar-refractivity contribution in [1.82, 2.24) is 10.2 Å². The smallest absolute Gasteiger partial charge is 0.408 e. The number of rotatable bonds is 5. The average Bonchev–Trinajstić information content (AvgIpc) is 2.63. The van der Waals surface area contributed by atoms with Crippen LogP contribution in [0, 0.1) is 0 Å². The molecule has 0 radical (unpaired) electrons. The van der Waals surface area contributed by atoms with E-state index in [1.54, 1.807) is 0 Å². The molecule has 0 unspecified atom stereocenters. The first-order valence-corrected chi connectivity index (χ1v) is 11.0. The second kappa shape index (κ2) is 9.03. The Morgan fingerprint density at radius 3 is 2.63 bits per heavy atom. The molecule has 164 valence electrons. The second-order valence-electron chi connectivity index (χ2n) is 9.33. The highest BCUT2D eigenvalue weighted by Gasteiger charge is 2.34. The van der Waals surface area contributed by atoms with Crippen molar-refractivity contribution in [3.8, 4) is 5.75 Å². The van der Waals surface area contributed by atoms with E-state index in [-0.39, 0.29) is 11.6 Å². The number of ether oxygens (including phenoxy) is 2. The zero-order valence-corrected chi connectivity index (χ0v) is 19.4. The Morgan fingerprint density at radius 1 is 1.27 bits per heavy atom. The van der Waals surface area contributed by atoms with E-state index in [1.165, 1.54) is 5.56 Å². The Morgan fingerprint density at radius 2 is 1.97 bits per heavy atom. The summed E-state index contributed by atoms with van der Waals surface area (Å²) in [4.78, 5) is 14.7. The van der Waals surface area contributed by atoms with Crippen LogP contribution in [-0.4, -0.2) is 41.8 Å². The first-order chi connectivity index (χ1) is 14.1. The number of fused-ring (bicyclic) bond motifs is 1. The molecule has 1 aliphatic heterocycles. The van der Waals surface area contributed by atoms with E-state index in [4.69, 9.17) is 21.1 Å². The minimum Gasteiger partial charge on any atom is -0.492 e. The van der Waals surface area contributed by atoms with Crippen LogP contribution in [0.15, 0.2) is 30.3 Å². The van der Waals surface area contributed by atoms with Crippen molar-refractivity contribution in [1.29, 1.82) is 0 Å². The van der Waals surface area contributed by atoms with Gasteiger partial charge in [-0.15, -0.1) is 0 Å². The molecule has 1 saturated heterocycles. The molecule has 1 aliphatic rings. The van der Waals surface area contributed by atoms with Crippen molar-refractivity contribution in [2.24, 2.45) is 0 Å². The number of halogens is 1. The van der Waals surface area contributed by atoms with Gasteiger partial charge in [0.1, 0.15) is 11.4 Å². The number of piperidine rings is 1. The molecule has 30 heavy (non-hydrogen) atoms. The first-order valence-electron chi connectivity index (χ1n) is 10.7. The summed E-state index contributed by atoms with van der Waals surface area (Å²) in [6, 6.07) is 10.2. The van der Waals surface area contributed by atoms with Gasteiger partial charge in [-0.25, -0.2) is 4.79 Å². The Hall–Kier alpha value is -1.98. The highest BCUT2D eigenvalue weighted by Crippen LogP contribution is 2.37. The average molecular weight is 433 g/mol. The molecule has 1 amide bonds. The van der Waals surface area contributed by atoms with Gasteiger partial charge in [0.2, 0.25) is 0 Å². The molecule has 3 rings (SSSR count). The summed E-state index contributed by atoms with van der Waals surface area (Å²) >= 11 is 6.57. The van der Waals surface area contributed by atoms with Gasteiger partial charge in [0.15, 0.2) is 0 Å². The lowest BCUT2D eigenvalue weighted by atomic mass is 9.90. The minimum atomic E-state index is -0.507. The number of benzene rings is 2. The lowest BCUT2D eigenvalue weighted by Gasteiger charge is -2.41. The third kappa shape index (κ3) is 5.58. The van der Waals surface area contributed by atoms with Crippen LogP contribution in [0.5, 0.6) is 5.75 Å². The van der Waals surface area contributed by atoms with Crippen LogP contribution in [-0.2, 0) is 11.3 Å². The molecule has 1 heterocycles.